The van der Waals surface area contributed by atoms with E-state index in [-0.39, 0.29) is 104 Å². The minimum absolute atomic E-state index is 0.0858. The van der Waals surface area contributed by atoms with E-state index in [4.69, 9.17) is 34.8 Å². The number of carbonyl (C=O) groups is 5. The first-order valence-electron chi connectivity index (χ1n) is 43.0. The van der Waals surface area contributed by atoms with Gasteiger partial charge in [0.1, 0.15) is 98.0 Å². The molecule has 16 rings (SSSR count). The first kappa shape index (κ1) is 98.1. The molecule has 10 N–H and O–H groups in total. The Morgan fingerprint density at radius 3 is 1.13 bits per heavy atom. The number of anilines is 5. The zero-order chi connectivity index (χ0) is 94.2. The lowest BCUT2D eigenvalue weighted by Crippen LogP contribution is -2.40. The number of halogens is 10. The number of nitrogens with zero attached hydrogens (tertiary/aromatic N) is 15. The third-order valence-corrected chi connectivity index (χ3v) is 25.0. The molecule has 130 heavy (non-hydrogen) atoms. The third-order valence-electron chi connectivity index (χ3n) is 24.4. The van der Waals surface area contributed by atoms with Gasteiger partial charge in [0.2, 0.25) is 59.3 Å². The smallest absolute Gasteiger partial charge is 0.252 e. The highest BCUT2D eigenvalue weighted by atomic mass is 35.5. The Morgan fingerprint density at radius 1 is 0.415 bits per heavy atom. The number of hydrogen-bond acceptors (Lipinski definition) is 20. The molecule has 12 aromatic rings. The maximum atomic E-state index is 13.5. The fraction of sp³-hybridized carbons (Fsp3) is 0.478. The van der Waals surface area contributed by atoms with E-state index in [1.807, 2.05) is 57.9 Å². The Kier molecular flexibility index (Phi) is 30.5. The molecule has 696 valence electrons. The number of imidazole rings is 5. The van der Waals surface area contributed by atoms with Crippen molar-refractivity contribution in [3.05, 3.63) is 153 Å². The molecule has 40 heteroatoms. The number of fused-ring (bicyclic) bond motifs is 5. The fourth-order valence-corrected chi connectivity index (χ4v) is 15.9. The van der Waals surface area contributed by atoms with Crippen LogP contribution in [-0.4, -0.2) is 183 Å². The van der Waals surface area contributed by atoms with Gasteiger partial charge in [0, 0.05) is 41.3 Å². The molecule has 0 spiro atoms. The first-order chi connectivity index (χ1) is 61.5. The molecule has 4 saturated carbocycles. The SMILES string of the molecule is CCC(O)(CF)CC(=O)Nc1nc2ccc(C)nc2n1C1(C)CCC1.CCC(O)(CF)CC(=O)Nc1nc2ccc(C)nc2n1C1CCC1.CCC(O)(CF)CC(=O)Nc1nc2ccc(Cl)nc2n1-c1ccc(F)cc1.CCC(O)(CF)CC(=O)Nc1nc2ccc(Cl)nc2n1C1(C)CCC1.C[C@@](O)(CC(=O)Nc1nc2ccc(Cl)nc2n1C1CC(F)(F)C1)c1ccccc1. The Hall–Kier alpha value is -10.9. The average Bonchev–Trinajstić information content (AvgIpc) is 1.59. The molecule has 4 fully saturated rings. The highest BCUT2D eigenvalue weighted by Gasteiger charge is 2.48. The van der Waals surface area contributed by atoms with Gasteiger partial charge < -0.3 is 25.5 Å². The summed E-state index contributed by atoms with van der Waals surface area (Å²) in [6, 6.07) is 31.3. The summed E-state index contributed by atoms with van der Waals surface area (Å²) in [5, 5.41) is 65.1. The minimum Gasteiger partial charge on any atom is -0.387 e. The van der Waals surface area contributed by atoms with Crippen LogP contribution in [-0.2, 0) is 40.7 Å². The molecule has 10 aromatic heterocycles. The molecule has 5 atom stereocenters. The van der Waals surface area contributed by atoms with Gasteiger partial charge in [0.05, 0.1) is 49.4 Å². The Labute approximate surface area is 759 Å². The van der Waals surface area contributed by atoms with Gasteiger partial charge in [-0.2, -0.15) is 0 Å². The highest BCUT2D eigenvalue weighted by molar-refractivity contribution is 6.30. The lowest BCUT2D eigenvalue weighted by molar-refractivity contribution is -0.123. The van der Waals surface area contributed by atoms with Crippen molar-refractivity contribution in [1.82, 2.24) is 72.7 Å². The van der Waals surface area contributed by atoms with Gasteiger partial charge in [0.15, 0.2) is 28.2 Å². The quantitative estimate of drug-likeness (QED) is 0.0154. The van der Waals surface area contributed by atoms with Crippen molar-refractivity contribution in [2.24, 2.45) is 0 Å². The number of benzene rings is 2. The Morgan fingerprint density at radius 2 is 0.746 bits per heavy atom. The number of alkyl halides is 6. The molecule has 0 bridgehead atoms. The van der Waals surface area contributed by atoms with Crippen molar-refractivity contribution in [3.8, 4) is 5.69 Å². The number of nitrogens with one attached hydrogen (secondary N) is 5. The van der Waals surface area contributed by atoms with Crippen molar-refractivity contribution in [2.45, 2.75) is 248 Å². The summed E-state index contributed by atoms with van der Waals surface area (Å²) in [6.45, 7) is 12.2. The second-order valence-electron chi connectivity index (χ2n) is 34.7. The second-order valence-corrected chi connectivity index (χ2v) is 35.9. The molecule has 5 amide bonds. The zero-order valence-corrected chi connectivity index (χ0v) is 75.6. The predicted octanol–water partition coefficient (Wildman–Crippen LogP) is 17.3. The topological polar surface area (TPSA) is 400 Å². The van der Waals surface area contributed by atoms with Crippen LogP contribution in [0.4, 0.5) is 60.5 Å². The summed E-state index contributed by atoms with van der Waals surface area (Å²) in [5.41, 5.74) is 0.261. The summed E-state index contributed by atoms with van der Waals surface area (Å²) in [7, 11) is 0. The Balaban J connectivity index is 0.000000147. The van der Waals surface area contributed by atoms with Crippen LogP contribution in [0.1, 0.15) is 206 Å². The number of aliphatic hydroxyl groups is 5. The summed E-state index contributed by atoms with van der Waals surface area (Å²) in [5.74, 6) is -4.22. The largest absolute Gasteiger partial charge is 0.387 e. The highest BCUT2D eigenvalue weighted by Crippen LogP contribution is 2.49. The van der Waals surface area contributed by atoms with E-state index in [1.165, 1.54) is 33.4 Å². The molecule has 2 aromatic carbocycles. The number of amides is 5. The molecule has 4 unspecified atom stereocenters. The molecular formula is C90H106Cl3F7N20O10. The summed E-state index contributed by atoms with van der Waals surface area (Å²) in [4.78, 5) is 106. The van der Waals surface area contributed by atoms with Crippen molar-refractivity contribution in [3.63, 3.8) is 0 Å². The lowest BCUT2D eigenvalue weighted by Gasteiger charge is -2.40. The van der Waals surface area contributed by atoms with Crippen molar-refractivity contribution >= 4 is 150 Å². The molecular weight excluding hydrogens is 1760 g/mol. The van der Waals surface area contributed by atoms with Gasteiger partial charge in [-0.1, -0.05) is 92.8 Å². The second kappa shape index (κ2) is 40.4. The zero-order valence-electron chi connectivity index (χ0n) is 73.4. The lowest BCUT2D eigenvalue weighted by atomic mass is 9.78. The van der Waals surface area contributed by atoms with Crippen LogP contribution in [0, 0.1) is 19.7 Å². The number of carbonyl (C=O) groups excluding carboxylic acids is 5. The maximum Gasteiger partial charge on any atom is 0.252 e. The van der Waals surface area contributed by atoms with Crippen molar-refractivity contribution in [1.29, 1.82) is 0 Å². The van der Waals surface area contributed by atoms with Gasteiger partial charge in [-0.05, 0) is 209 Å². The molecule has 30 nitrogen and oxygen atoms in total. The molecule has 10 heterocycles. The number of rotatable bonds is 29. The van der Waals surface area contributed by atoms with Crippen LogP contribution < -0.4 is 26.6 Å². The van der Waals surface area contributed by atoms with Gasteiger partial charge in [-0.3, -0.25) is 73.4 Å². The Bertz CT molecular complexity index is 5930. The fourth-order valence-electron chi connectivity index (χ4n) is 15.5. The van der Waals surface area contributed by atoms with Gasteiger partial charge in [-0.25, -0.2) is 80.6 Å². The van der Waals surface area contributed by atoms with Crippen LogP contribution in [0.2, 0.25) is 15.5 Å². The number of aromatic nitrogens is 15. The van der Waals surface area contributed by atoms with E-state index in [9.17, 15) is 80.2 Å². The van der Waals surface area contributed by atoms with Crippen LogP contribution >= 0.6 is 34.8 Å². The summed E-state index contributed by atoms with van der Waals surface area (Å²) >= 11 is 18.0. The van der Waals surface area contributed by atoms with E-state index >= 15 is 0 Å². The monoisotopic (exact) mass is 1860 g/mol. The minimum atomic E-state index is -2.75. The van der Waals surface area contributed by atoms with E-state index in [1.54, 1.807) is 95.3 Å². The molecule has 0 aliphatic heterocycles. The number of hydrogen-bond donors (Lipinski definition) is 10. The summed E-state index contributed by atoms with van der Waals surface area (Å²) < 4.78 is 101. The molecule has 0 saturated heterocycles. The van der Waals surface area contributed by atoms with Crippen LogP contribution in [0.25, 0.3) is 61.5 Å². The molecule has 0 radical (unpaired) electrons. The van der Waals surface area contributed by atoms with E-state index < -0.39 is 108 Å². The van der Waals surface area contributed by atoms with Gasteiger partial charge in [0.25, 0.3) is 5.92 Å². The van der Waals surface area contributed by atoms with Crippen molar-refractivity contribution in [2.75, 3.05) is 53.3 Å². The van der Waals surface area contributed by atoms with E-state index in [2.05, 4.69) is 90.3 Å². The molecule has 4 aliphatic rings. The van der Waals surface area contributed by atoms with Crippen LogP contribution in [0.3, 0.4) is 0 Å². The molecule has 4 aliphatic carbocycles. The van der Waals surface area contributed by atoms with Gasteiger partial charge >= 0.3 is 0 Å². The van der Waals surface area contributed by atoms with Crippen LogP contribution in [0.15, 0.2) is 115 Å². The van der Waals surface area contributed by atoms with E-state index in [0.29, 0.717) is 73.3 Å². The van der Waals surface area contributed by atoms with Gasteiger partial charge in [-0.15, -0.1) is 0 Å². The van der Waals surface area contributed by atoms with Crippen LogP contribution in [0.5, 0.6) is 0 Å². The third kappa shape index (κ3) is 22.8. The summed E-state index contributed by atoms with van der Waals surface area (Å²) in [6.07, 6.45) is 7.53. The predicted molar refractivity (Wildman–Crippen MR) is 482 cm³/mol. The first-order valence-corrected chi connectivity index (χ1v) is 44.1. The van der Waals surface area contributed by atoms with Crippen molar-refractivity contribution < 1.29 is 80.2 Å². The average molecular weight is 1870 g/mol. The number of aryl methyl sites for hydroxylation is 2. The van der Waals surface area contributed by atoms with E-state index in [0.717, 1.165) is 86.0 Å². The standard InChI is InChI=1S/C20H19ClF2N4O2.C18H17ClF2N4O2.C18H25FN4O2.C17H22ClFN4O2.C17H23FN4O2/c1-19(29,12-5-3-2-4-6-12)11-16(28)26-18-24-14-7-8-15(21)25-17(14)27(18)13-9-20(22,23)10-13;1-2-18(27,10-20)9-15(26)24-17-22-13-7-8-14(19)23-16(13)25(17)12-5-3-11(21)4-6-12;1-4-18(25,11-19)10-14(24)22-16-21-13-7-6-12(2)20-15(13)23(16)17(3)8-5-9-17;1-3-17(25,10-19)9-13(24)22-15-20-11-5-6-12(18)21-14(11)23(15)16(2)7-4-8-16;1-3-17(24,10-18)9-14(23)21-16-20-13-8-7-11(2)19-15(13)22(16)12-5-4-6-12/h2-8,13,29H,9-11H2,1H3,(H,24,26,28);3-8,27H,2,9-10H2,1H3,(H,22,24,26);6-7,25H,4-5,8-11H2,1-3H3,(H,21,22,24);5-6,25H,3-4,7-10H2,1-2H3,(H,20,22,24);7-8,12,24H,3-6,9-10H2,1-2H3,(H,20,21,23)/t19-;;;;/m1..../s1. The normalized spacial score (nSPS) is 17.3. The number of pyridine rings is 5. The maximum absolute atomic E-state index is 13.5.